The first-order valence-corrected chi connectivity index (χ1v) is 8.06. The Hall–Kier alpha value is -1.49. The number of carbonyl (C=O) groups excluding carboxylic acids is 1. The van der Waals surface area contributed by atoms with Crippen LogP contribution >= 0.6 is 12.2 Å². The van der Waals surface area contributed by atoms with E-state index in [1.807, 2.05) is 4.90 Å². The van der Waals surface area contributed by atoms with Crippen LogP contribution < -0.4 is 5.73 Å². The fourth-order valence-electron chi connectivity index (χ4n) is 3.64. The molecule has 1 amide bonds. The number of hydrogen-bond donors (Lipinski definition) is 1. The summed E-state index contributed by atoms with van der Waals surface area (Å²) >= 11 is 4.90. The predicted octanol–water partition coefficient (Wildman–Crippen LogP) is 2.51. The molecule has 0 aromatic carbocycles. The van der Waals surface area contributed by atoms with Gasteiger partial charge in [0.2, 0.25) is 0 Å². The standard InChI is InChI=1S/C16H21N3OS/c17-14(21)12-3-4-13(18-11-12)15(20)19-9-7-16(8-10-19)5-1-2-6-16/h3-4,11H,1-2,5-10H2,(H2,17,21). The Morgan fingerprint density at radius 3 is 2.38 bits per heavy atom. The van der Waals surface area contributed by atoms with Crippen LogP contribution in [0.25, 0.3) is 0 Å². The fourth-order valence-corrected chi connectivity index (χ4v) is 3.76. The quantitative estimate of drug-likeness (QED) is 0.853. The maximum Gasteiger partial charge on any atom is 0.272 e. The topological polar surface area (TPSA) is 59.2 Å². The molecule has 2 aliphatic rings. The first kappa shape index (κ1) is 14.4. The third-order valence-electron chi connectivity index (χ3n) is 5.04. The molecule has 1 aromatic heterocycles. The van der Waals surface area contributed by atoms with E-state index in [-0.39, 0.29) is 5.91 Å². The van der Waals surface area contributed by atoms with E-state index in [2.05, 4.69) is 4.98 Å². The van der Waals surface area contributed by atoms with E-state index in [1.165, 1.54) is 25.7 Å². The molecule has 1 spiro atoms. The number of rotatable bonds is 2. The molecule has 1 saturated heterocycles. The normalized spacial score (nSPS) is 20.7. The van der Waals surface area contributed by atoms with Crippen LogP contribution in [0.2, 0.25) is 0 Å². The molecule has 4 nitrogen and oxygen atoms in total. The SMILES string of the molecule is NC(=S)c1ccc(C(=O)N2CCC3(CCCC3)CC2)nc1. The second kappa shape index (κ2) is 5.72. The van der Waals surface area contributed by atoms with Gasteiger partial charge in [-0.05, 0) is 43.2 Å². The van der Waals surface area contributed by atoms with Crippen LogP contribution in [0.1, 0.15) is 54.6 Å². The Bertz CT molecular complexity index is 539. The number of piperidine rings is 1. The zero-order valence-corrected chi connectivity index (χ0v) is 13.0. The molecule has 112 valence electrons. The van der Waals surface area contributed by atoms with Crippen molar-refractivity contribution in [3.63, 3.8) is 0 Å². The third kappa shape index (κ3) is 2.93. The average molecular weight is 303 g/mol. The number of pyridine rings is 1. The Kier molecular flexibility index (Phi) is 3.93. The van der Waals surface area contributed by atoms with Gasteiger partial charge in [0, 0.05) is 24.8 Å². The number of carbonyl (C=O) groups is 1. The summed E-state index contributed by atoms with van der Waals surface area (Å²) in [6, 6.07) is 3.49. The van der Waals surface area contributed by atoms with Crippen molar-refractivity contribution in [3.8, 4) is 0 Å². The van der Waals surface area contributed by atoms with Crippen molar-refractivity contribution in [2.75, 3.05) is 13.1 Å². The fraction of sp³-hybridized carbons (Fsp3) is 0.562. The van der Waals surface area contributed by atoms with E-state index >= 15 is 0 Å². The van der Waals surface area contributed by atoms with Gasteiger partial charge in [-0.1, -0.05) is 25.1 Å². The minimum Gasteiger partial charge on any atom is -0.389 e. The molecule has 0 radical (unpaired) electrons. The Morgan fingerprint density at radius 2 is 1.86 bits per heavy atom. The van der Waals surface area contributed by atoms with Gasteiger partial charge in [-0.25, -0.2) is 0 Å². The van der Waals surface area contributed by atoms with Crippen LogP contribution in [-0.2, 0) is 0 Å². The maximum atomic E-state index is 12.5. The van der Waals surface area contributed by atoms with Crippen LogP contribution in [0.3, 0.4) is 0 Å². The lowest BCUT2D eigenvalue weighted by Gasteiger charge is -2.39. The lowest BCUT2D eigenvalue weighted by molar-refractivity contribution is 0.0582. The summed E-state index contributed by atoms with van der Waals surface area (Å²) in [7, 11) is 0. The van der Waals surface area contributed by atoms with Gasteiger partial charge in [-0.3, -0.25) is 9.78 Å². The van der Waals surface area contributed by atoms with Crippen LogP contribution in [0.4, 0.5) is 0 Å². The lowest BCUT2D eigenvalue weighted by atomic mass is 9.77. The third-order valence-corrected chi connectivity index (χ3v) is 5.28. The van der Waals surface area contributed by atoms with Crippen molar-refractivity contribution >= 4 is 23.1 Å². The van der Waals surface area contributed by atoms with Gasteiger partial charge >= 0.3 is 0 Å². The molecule has 5 heteroatoms. The molecule has 3 rings (SSSR count). The van der Waals surface area contributed by atoms with Crippen molar-refractivity contribution in [1.82, 2.24) is 9.88 Å². The lowest BCUT2D eigenvalue weighted by Crippen LogP contribution is -2.42. The number of thiocarbonyl (C=S) groups is 1. The highest BCUT2D eigenvalue weighted by molar-refractivity contribution is 7.80. The molecule has 0 bridgehead atoms. The van der Waals surface area contributed by atoms with Crippen molar-refractivity contribution in [2.45, 2.75) is 38.5 Å². The number of aromatic nitrogens is 1. The summed E-state index contributed by atoms with van der Waals surface area (Å²) in [6.07, 6.45) is 9.27. The molecule has 1 aliphatic carbocycles. The van der Waals surface area contributed by atoms with Crippen molar-refractivity contribution < 1.29 is 4.79 Å². The van der Waals surface area contributed by atoms with Crippen LogP contribution in [0.5, 0.6) is 0 Å². The molecule has 21 heavy (non-hydrogen) atoms. The Balaban J connectivity index is 1.64. The number of amides is 1. The van der Waals surface area contributed by atoms with Gasteiger partial charge in [0.1, 0.15) is 10.7 Å². The Morgan fingerprint density at radius 1 is 1.19 bits per heavy atom. The molecular formula is C16H21N3OS. The average Bonchev–Trinajstić information content (AvgIpc) is 2.96. The van der Waals surface area contributed by atoms with Gasteiger partial charge in [-0.15, -0.1) is 0 Å². The highest BCUT2D eigenvalue weighted by Crippen LogP contribution is 2.46. The first-order chi connectivity index (χ1) is 10.1. The maximum absolute atomic E-state index is 12.5. The monoisotopic (exact) mass is 303 g/mol. The zero-order chi connectivity index (χ0) is 14.9. The molecule has 2 fully saturated rings. The Labute approximate surface area is 130 Å². The van der Waals surface area contributed by atoms with E-state index in [0.29, 0.717) is 21.7 Å². The molecular weight excluding hydrogens is 282 g/mol. The highest BCUT2D eigenvalue weighted by Gasteiger charge is 2.38. The largest absolute Gasteiger partial charge is 0.389 e. The molecule has 1 aromatic rings. The second-order valence-electron chi connectivity index (χ2n) is 6.30. The van der Waals surface area contributed by atoms with Crippen LogP contribution in [0.15, 0.2) is 18.3 Å². The number of hydrogen-bond acceptors (Lipinski definition) is 3. The van der Waals surface area contributed by atoms with Crippen molar-refractivity contribution in [3.05, 3.63) is 29.6 Å². The minimum absolute atomic E-state index is 0.0253. The molecule has 2 heterocycles. The molecule has 0 unspecified atom stereocenters. The van der Waals surface area contributed by atoms with Gasteiger partial charge < -0.3 is 10.6 Å². The predicted molar refractivity (Wildman–Crippen MR) is 86.2 cm³/mol. The molecule has 2 N–H and O–H groups in total. The second-order valence-corrected chi connectivity index (χ2v) is 6.74. The van der Waals surface area contributed by atoms with Crippen molar-refractivity contribution in [1.29, 1.82) is 0 Å². The summed E-state index contributed by atoms with van der Waals surface area (Å²) in [5.41, 5.74) is 7.26. The van der Waals surface area contributed by atoms with Gasteiger partial charge in [0.05, 0.1) is 0 Å². The van der Waals surface area contributed by atoms with Gasteiger partial charge in [0.15, 0.2) is 0 Å². The minimum atomic E-state index is 0.0253. The summed E-state index contributed by atoms with van der Waals surface area (Å²) in [5, 5.41) is 0. The van der Waals surface area contributed by atoms with E-state index < -0.39 is 0 Å². The van der Waals surface area contributed by atoms with Gasteiger partial charge in [-0.2, -0.15) is 0 Å². The van der Waals surface area contributed by atoms with Crippen molar-refractivity contribution in [2.24, 2.45) is 11.1 Å². The number of nitrogens with zero attached hydrogens (tertiary/aromatic N) is 2. The summed E-state index contributed by atoms with van der Waals surface area (Å²) in [5.74, 6) is 0.0253. The summed E-state index contributed by atoms with van der Waals surface area (Å²) in [6.45, 7) is 1.72. The molecule has 1 saturated carbocycles. The summed E-state index contributed by atoms with van der Waals surface area (Å²) in [4.78, 5) is 18.9. The number of nitrogens with two attached hydrogens (primary N) is 1. The van der Waals surface area contributed by atoms with E-state index in [0.717, 1.165) is 25.9 Å². The van der Waals surface area contributed by atoms with Crippen LogP contribution in [0, 0.1) is 5.41 Å². The van der Waals surface area contributed by atoms with Crippen LogP contribution in [-0.4, -0.2) is 33.9 Å². The summed E-state index contributed by atoms with van der Waals surface area (Å²) < 4.78 is 0. The van der Waals surface area contributed by atoms with Gasteiger partial charge in [0.25, 0.3) is 5.91 Å². The van der Waals surface area contributed by atoms with E-state index in [1.54, 1.807) is 18.3 Å². The highest BCUT2D eigenvalue weighted by atomic mass is 32.1. The van der Waals surface area contributed by atoms with E-state index in [4.69, 9.17) is 18.0 Å². The molecule has 0 atom stereocenters. The number of likely N-dealkylation sites (tertiary alicyclic amines) is 1. The zero-order valence-electron chi connectivity index (χ0n) is 12.2. The molecule has 1 aliphatic heterocycles. The smallest absolute Gasteiger partial charge is 0.272 e. The van der Waals surface area contributed by atoms with E-state index in [9.17, 15) is 4.79 Å². The first-order valence-electron chi connectivity index (χ1n) is 7.65.